The van der Waals surface area contributed by atoms with Gasteiger partial charge in [0.05, 0.1) is 0 Å². The van der Waals surface area contributed by atoms with E-state index < -0.39 is 30.0 Å². The first-order chi connectivity index (χ1) is 8.68. The molecule has 1 aliphatic carbocycles. The smallest absolute Gasteiger partial charge is 0.375 e. The molecular weight excluding hydrogens is 314 g/mol. The van der Waals surface area contributed by atoms with Gasteiger partial charge in [0, 0.05) is 15.6 Å². The number of halogens is 7. The van der Waals surface area contributed by atoms with Crippen molar-refractivity contribution in [3.05, 3.63) is 45.4 Å². The predicted octanol–water partition coefficient (Wildman–Crippen LogP) is 4.98. The van der Waals surface area contributed by atoms with E-state index in [1.54, 1.807) is 0 Å². The maximum absolute atomic E-state index is 12.9. The van der Waals surface area contributed by atoms with Gasteiger partial charge < -0.3 is 4.74 Å². The summed E-state index contributed by atoms with van der Waals surface area (Å²) in [4.78, 5) is 0. The molecule has 1 aromatic carbocycles. The van der Waals surface area contributed by atoms with Crippen LogP contribution < -0.4 is 0 Å². The minimum Gasteiger partial charge on any atom is -0.484 e. The molecule has 0 aromatic heterocycles. The van der Waals surface area contributed by atoms with Crippen molar-refractivity contribution >= 4 is 23.2 Å². The average Bonchev–Trinajstić information content (AvgIpc) is 2.31. The fraction of sp³-hybridized carbons (Fsp3) is 0.273. The van der Waals surface area contributed by atoms with Gasteiger partial charge >= 0.3 is 11.8 Å². The molecule has 0 unspecified atom stereocenters. The van der Waals surface area contributed by atoms with Crippen molar-refractivity contribution in [1.82, 2.24) is 0 Å². The van der Waals surface area contributed by atoms with Gasteiger partial charge in [-0.1, -0.05) is 29.3 Å². The standard InChI is InChI=1S/C11H5Cl2F5O/c12-6-2-1-5(7(13)3-6)4-19-9-8(14)10(15,16)11(9,17)18/h1-3H,4H2. The second-order valence-corrected chi connectivity index (χ2v) is 4.66. The maximum Gasteiger partial charge on any atom is 0.375 e. The quantitative estimate of drug-likeness (QED) is 0.714. The Morgan fingerprint density at radius 2 is 1.68 bits per heavy atom. The summed E-state index contributed by atoms with van der Waals surface area (Å²) in [5.41, 5.74) is 0.220. The fourth-order valence-electron chi connectivity index (χ4n) is 1.44. The molecule has 0 saturated carbocycles. The SMILES string of the molecule is FC1=C(OCc2ccc(Cl)cc2Cl)C(F)(F)C1(F)F. The van der Waals surface area contributed by atoms with Gasteiger partial charge in [0.2, 0.25) is 11.6 Å². The number of hydrogen-bond acceptors (Lipinski definition) is 1. The van der Waals surface area contributed by atoms with Crippen LogP contribution in [0.25, 0.3) is 0 Å². The largest absolute Gasteiger partial charge is 0.484 e. The second-order valence-electron chi connectivity index (χ2n) is 3.82. The highest BCUT2D eigenvalue weighted by atomic mass is 35.5. The molecule has 104 valence electrons. The lowest BCUT2D eigenvalue weighted by Crippen LogP contribution is -2.53. The summed E-state index contributed by atoms with van der Waals surface area (Å²) in [6.07, 6.45) is 0. The number of rotatable bonds is 3. The third kappa shape index (κ3) is 2.17. The normalized spacial score (nSPS) is 20.2. The first-order valence-corrected chi connectivity index (χ1v) is 5.66. The van der Waals surface area contributed by atoms with Crippen molar-refractivity contribution in [1.29, 1.82) is 0 Å². The van der Waals surface area contributed by atoms with E-state index in [1.807, 2.05) is 0 Å². The minimum atomic E-state index is -4.81. The van der Waals surface area contributed by atoms with Crippen molar-refractivity contribution in [2.75, 3.05) is 0 Å². The summed E-state index contributed by atoms with van der Waals surface area (Å²) in [6, 6.07) is 4.09. The Morgan fingerprint density at radius 3 is 2.21 bits per heavy atom. The molecule has 0 heterocycles. The topological polar surface area (TPSA) is 9.23 Å². The fourth-order valence-corrected chi connectivity index (χ4v) is 1.90. The van der Waals surface area contributed by atoms with Crippen molar-refractivity contribution in [2.45, 2.75) is 18.5 Å². The van der Waals surface area contributed by atoms with Crippen LogP contribution in [-0.2, 0) is 11.3 Å². The van der Waals surface area contributed by atoms with Crippen LogP contribution in [0.2, 0.25) is 10.0 Å². The Morgan fingerprint density at radius 1 is 1.05 bits per heavy atom. The molecule has 0 bridgehead atoms. The first-order valence-electron chi connectivity index (χ1n) is 4.91. The van der Waals surface area contributed by atoms with Crippen LogP contribution in [0.4, 0.5) is 22.0 Å². The van der Waals surface area contributed by atoms with Crippen LogP contribution in [0.1, 0.15) is 5.56 Å². The van der Waals surface area contributed by atoms with Crippen LogP contribution in [0.3, 0.4) is 0 Å². The van der Waals surface area contributed by atoms with Crippen molar-refractivity contribution < 1.29 is 26.7 Å². The molecule has 0 fully saturated rings. The number of alkyl halides is 4. The summed E-state index contributed by atoms with van der Waals surface area (Å²) in [5.74, 6) is -13.4. The Balaban J connectivity index is 2.15. The van der Waals surface area contributed by atoms with Gasteiger partial charge in [0.25, 0.3) is 0 Å². The Hall–Kier alpha value is -1.01. The summed E-state index contributed by atoms with van der Waals surface area (Å²) < 4.78 is 68.0. The monoisotopic (exact) mass is 318 g/mol. The molecule has 1 aromatic rings. The zero-order chi connectivity index (χ0) is 14.4. The molecular formula is C11H5Cl2F5O. The van der Waals surface area contributed by atoms with Gasteiger partial charge in [-0.05, 0) is 12.1 Å². The van der Waals surface area contributed by atoms with E-state index >= 15 is 0 Å². The first kappa shape index (κ1) is 14.4. The molecule has 0 spiro atoms. The molecule has 0 N–H and O–H groups in total. The molecule has 8 heteroatoms. The highest BCUT2D eigenvalue weighted by molar-refractivity contribution is 6.35. The highest BCUT2D eigenvalue weighted by Gasteiger charge is 2.74. The zero-order valence-corrected chi connectivity index (χ0v) is 10.5. The zero-order valence-electron chi connectivity index (χ0n) is 8.99. The summed E-state index contributed by atoms with van der Waals surface area (Å²) in [7, 11) is 0. The van der Waals surface area contributed by atoms with Gasteiger partial charge in [-0.2, -0.15) is 17.6 Å². The lowest BCUT2D eigenvalue weighted by Gasteiger charge is -2.35. The van der Waals surface area contributed by atoms with Gasteiger partial charge in [0.15, 0.2) is 0 Å². The van der Waals surface area contributed by atoms with E-state index in [9.17, 15) is 22.0 Å². The molecule has 19 heavy (non-hydrogen) atoms. The van der Waals surface area contributed by atoms with Crippen LogP contribution >= 0.6 is 23.2 Å². The molecule has 0 radical (unpaired) electrons. The highest BCUT2D eigenvalue weighted by Crippen LogP contribution is 2.56. The second kappa shape index (κ2) is 4.52. The molecule has 0 saturated heterocycles. The van der Waals surface area contributed by atoms with E-state index in [4.69, 9.17) is 23.2 Å². The maximum atomic E-state index is 12.9. The third-order valence-electron chi connectivity index (χ3n) is 2.54. The predicted molar refractivity (Wildman–Crippen MR) is 59.3 cm³/mol. The summed E-state index contributed by atoms with van der Waals surface area (Å²) in [5, 5.41) is 0.405. The van der Waals surface area contributed by atoms with E-state index in [-0.39, 0.29) is 10.6 Å². The summed E-state index contributed by atoms with van der Waals surface area (Å²) >= 11 is 11.3. The molecule has 1 nitrogen and oxygen atoms in total. The van der Waals surface area contributed by atoms with Gasteiger partial charge in [-0.25, -0.2) is 4.39 Å². The number of allylic oxidation sites excluding steroid dienone is 2. The Bertz CT molecular complexity index is 556. The van der Waals surface area contributed by atoms with Gasteiger partial charge in [-0.3, -0.25) is 0 Å². The van der Waals surface area contributed by atoms with Crippen molar-refractivity contribution in [3.8, 4) is 0 Å². The molecule has 0 amide bonds. The van der Waals surface area contributed by atoms with E-state index in [1.165, 1.54) is 18.2 Å². The van der Waals surface area contributed by atoms with Gasteiger partial charge in [0.1, 0.15) is 6.61 Å². The van der Waals surface area contributed by atoms with E-state index in [0.29, 0.717) is 5.02 Å². The van der Waals surface area contributed by atoms with Gasteiger partial charge in [-0.15, -0.1) is 0 Å². The molecule has 2 rings (SSSR count). The lowest BCUT2D eigenvalue weighted by molar-refractivity contribution is -0.233. The van der Waals surface area contributed by atoms with Crippen molar-refractivity contribution in [3.63, 3.8) is 0 Å². The molecule has 1 aliphatic rings. The third-order valence-corrected chi connectivity index (χ3v) is 3.13. The minimum absolute atomic E-state index is 0.0999. The average molecular weight is 319 g/mol. The van der Waals surface area contributed by atoms with Crippen LogP contribution in [0, 0.1) is 0 Å². The Kier molecular flexibility index (Phi) is 3.43. The van der Waals surface area contributed by atoms with Crippen LogP contribution in [0.5, 0.6) is 0 Å². The lowest BCUT2D eigenvalue weighted by atomic mass is 9.96. The Labute approximate surface area is 114 Å². The van der Waals surface area contributed by atoms with E-state index in [0.717, 1.165) is 0 Å². The number of benzene rings is 1. The summed E-state index contributed by atoms with van der Waals surface area (Å²) in [6.45, 7) is -0.565. The van der Waals surface area contributed by atoms with Crippen LogP contribution in [0.15, 0.2) is 29.8 Å². The van der Waals surface area contributed by atoms with Crippen molar-refractivity contribution in [2.24, 2.45) is 0 Å². The number of ether oxygens (including phenoxy) is 1. The number of hydrogen-bond donors (Lipinski definition) is 0. The molecule has 0 aliphatic heterocycles. The van der Waals surface area contributed by atoms with E-state index in [2.05, 4.69) is 4.74 Å². The van der Waals surface area contributed by atoms with Crippen LogP contribution in [-0.4, -0.2) is 11.8 Å². The molecule has 0 atom stereocenters.